The maximum Gasteiger partial charge on any atom is 0.252 e. The van der Waals surface area contributed by atoms with E-state index in [-0.39, 0.29) is 17.4 Å². The van der Waals surface area contributed by atoms with Crippen LogP contribution in [0.3, 0.4) is 0 Å². The van der Waals surface area contributed by atoms with Crippen LogP contribution in [-0.4, -0.2) is 37.3 Å². The molecule has 1 aromatic rings. The number of carbonyl (C=O) groups is 1. The van der Waals surface area contributed by atoms with Gasteiger partial charge in [-0.3, -0.25) is 4.79 Å². The van der Waals surface area contributed by atoms with Crippen molar-refractivity contribution < 1.29 is 13.2 Å². The van der Waals surface area contributed by atoms with Crippen LogP contribution >= 0.6 is 11.3 Å². The first-order valence-electron chi connectivity index (χ1n) is 10.7. The lowest BCUT2D eigenvalue weighted by Crippen LogP contribution is -2.61. The van der Waals surface area contributed by atoms with Gasteiger partial charge in [0.2, 0.25) is 5.91 Å². The molecule has 1 aromatic heterocycles. The fourth-order valence-corrected chi connectivity index (χ4v) is 9.64. The van der Waals surface area contributed by atoms with Gasteiger partial charge in [0.25, 0.3) is 10.0 Å². The van der Waals surface area contributed by atoms with Crippen molar-refractivity contribution in [1.29, 1.82) is 0 Å². The van der Waals surface area contributed by atoms with Crippen molar-refractivity contribution in [2.24, 2.45) is 23.7 Å². The summed E-state index contributed by atoms with van der Waals surface area (Å²) in [6, 6.07) is 3.53. The van der Waals surface area contributed by atoms with E-state index in [0.717, 1.165) is 54.7 Å². The van der Waals surface area contributed by atoms with Crippen molar-refractivity contribution in [1.82, 2.24) is 9.62 Å². The minimum atomic E-state index is -3.49. The molecule has 2 heterocycles. The first-order chi connectivity index (χ1) is 13.3. The number of nitrogens with zero attached hydrogens (tertiary/aromatic N) is 1. The molecule has 1 amide bonds. The van der Waals surface area contributed by atoms with E-state index in [1.54, 1.807) is 6.07 Å². The summed E-state index contributed by atoms with van der Waals surface area (Å²) in [6.07, 6.45) is 8.99. The van der Waals surface area contributed by atoms with E-state index in [2.05, 4.69) is 5.32 Å². The number of thiophene rings is 1. The molecule has 1 N–H and O–H groups in total. The van der Waals surface area contributed by atoms with Crippen LogP contribution in [0.1, 0.15) is 56.2 Å². The molecule has 1 unspecified atom stereocenters. The second-order valence-corrected chi connectivity index (χ2v) is 13.2. The topological polar surface area (TPSA) is 66.5 Å². The number of hydrogen-bond donors (Lipinski definition) is 1. The van der Waals surface area contributed by atoms with Gasteiger partial charge in [-0.05, 0) is 88.2 Å². The van der Waals surface area contributed by atoms with E-state index in [0.29, 0.717) is 17.3 Å². The van der Waals surface area contributed by atoms with E-state index in [1.165, 1.54) is 34.9 Å². The van der Waals surface area contributed by atoms with Gasteiger partial charge in [0.1, 0.15) is 4.21 Å². The fourth-order valence-electron chi connectivity index (χ4n) is 6.68. The molecule has 28 heavy (non-hydrogen) atoms. The minimum absolute atomic E-state index is 0.00213. The molecule has 4 aliphatic carbocycles. The minimum Gasteiger partial charge on any atom is -0.350 e. The van der Waals surface area contributed by atoms with Crippen LogP contribution in [0.4, 0.5) is 0 Å². The average molecular weight is 423 g/mol. The summed E-state index contributed by atoms with van der Waals surface area (Å²) in [5, 5.41) is 3.45. The van der Waals surface area contributed by atoms with E-state index < -0.39 is 10.0 Å². The number of piperidine rings is 1. The molecule has 0 aromatic carbocycles. The zero-order valence-electron chi connectivity index (χ0n) is 16.5. The zero-order chi connectivity index (χ0) is 19.5. The van der Waals surface area contributed by atoms with Crippen molar-refractivity contribution in [3.8, 4) is 0 Å². The molecule has 5 nitrogen and oxygen atoms in total. The van der Waals surface area contributed by atoms with Gasteiger partial charge >= 0.3 is 0 Å². The Morgan fingerprint density at radius 3 is 2.36 bits per heavy atom. The largest absolute Gasteiger partial charge is 0.350 e. The van der Waals surface area contributed by atoms with Crippen molar-refractivity contribution in [2.75, 3.05) is 13.1 Å². The normalized spacial score (nSPS) is 37.9. The van der Waals surface area contributed by atoms with Crippen molar-refractivity contribution in [2.45, 2.75) is 68.0 Å². The van der Waals surface area contributed by atoms with Crippen LogP contribution in [0.2, 0.25) is 0 Å². The molecule has 0 spiro atoms. The molecule has 1 atom stereocenters. The molecule has 5 fully saturated rings. The summed E-state index contributed by atoms with van der Waals surface area (Å²) in [4.78, 5) is 14.2. The molecule has 4 saturated carbocycles. The number of hydrogen-bond acceptors (Lipinski definition) is 4. The van der Waals surface area contributed by atoms with Gasteiger partial charge < -0.3 is 5.32 Å². The molecule has 6 rings (SSSR count). The average Bonchev–Trinajstić information content (AvgIpc) is 3.07. The van der Waals surface area contributed by atoms with Crippen LogP contribution in [-0.2, 0) is 14.8 Å². The Bertz CT molecular complexity index is 841. The third kappa shape index (κ3) is 3.33. The lowest BCUT2D eigenvalue weighted by atomic mass is 9.53. The van der Waals surface area contributed by atoms with Crippen molar-refractivity contribution in [3.63, 3.8) is 0 Å². The van der Waals surface area contributed by atoms with Crippen LogP contribution in [0.25, 0.3) is 0 Å². The van der Waals surface area contributed by atoms with Gasteiger partial charge in [-0.25, -0.2) is 8.42 Å². The fraction of sp³-hybridized carbons (Fsp3) is 0.762. The summed E-state index contributed by atoms with van der Waals surface area (Å²) in [6.45, 7) is 2.75. The van der Waals surface area contributed by atoms with E-state index >= 15 is 0 Å². The Morgan fingerprint density at radius 2 is 1.79 bits per heavy atom. The monoisotopic (exact) mass is 422 g/mol. The predicted molar refractivity (Wildman–Crippen MR) is 110 cm³/mol. The summed E-state index contributed by atoms with van der Waals surface area (Å²) >= 11 is 1.31. The number of aryl methyl sites for hydroxylation is 1. The van der Waals surface area contributed by atoms with E-state index in [1.807, 2.05) is 13.0 Å². The smallest absolute Gasteiger partial charge is 0.252 e. The molecular weight excluding hydrogens is 392 g/mol. The quantitative estimate of drug-likeness (QED) is 0.807. The SMILES string of the molecule is Cc1ccc(S(=O)(=O)N2CCCC(C(=O)NC34CC5CC(CC(C5)C3)C4)C2)s1. The number of sulfonamides is 1. The van der Waals surface area contributed by atoms with Gasteiger partial charge in [-0.1, -0.05) is 0 Å². The highest BCUT2D eigenvalue weighted by molar-refractivity contribution is 7.91. The molecule has 7 heteroatoms. The highest BCUT2D eigenvalue weighted by Gasteiger charge is 2.52. The predicted octanol–water partition coefficient (Wildman–Crippen LogP) is 3.54. The van der Waals surface area contributed by atoms with Gasteiger partial charge in [-0.15, -0.1) is 11.3 Å². The maximum absolute atomic E-state index is 13.2. The van der Waals surface area contributed by atoms with Crippen molar-refractivity contribution >= 4 is 27.3 Å². The number of amides is 1. The number of rotatable bonds is 4. The van der Waals surface area contributed by atoms with Crippen molar-refractivity contribution in [3.05, 3.63) is 17.0 Å². The summed E-state index contributed by atoms with van der Waals surface area (Å²) in [5.74, 6) is 2.23. The Balaban J connectivity index is 1.28. The molecule has 1 aliphatic heterocycles. The first-order valence-corrected chi connectivity index (χ1v) is 13.0. The lowest BCUT2D eigenvalue weighted by Gasteiger charge is -2.57. The van der Waals surface area contributed by atoms with Crippen LogP contribution in [0.15, 0.2) is 16.3 Å². The molecular formula is C21H30N2O3S2. The van der Waals surface area contributed by atoms with Crippen LogP contribution in [0, 0.1) is 30.6 Å². The van der Waals surface area contributed by atoms with Gasteiger partial charge in [0.05, 0.1) is 5.92 Å². The molecule has 1 saturated heterocycles. The second kappa shape index (κ2) is 6.81. The van der Waals surface area contributed by atoms with Gasteiger partial charge in [0.15, 0.2) is 0 Å². The Hall–Kier alpha value is -0.920. The van der Waals surface area contributed by atoms with Crippen LogP contribution in [0.5, 0.6) is 0 Å². The molecule has 154 valence electrons. The second-order valence-electron chi connectivity index (χ2n) is 9.75. The molecule has 4 bridgehead atoms. The number of carbonyl (C=O) groups excluding carboxylic acids is 1. The highest BCUT2D eigenvalue weighted by atomic mass is 32.2. The standard InChI is InChI=1S/C21H30N2O3S2/c1-14-4-5-19(27-14)28(25,26)23-6-2-3-18(13-23)20(24)22-21-10-15-7-16(11-21)9-17(8-15)12-21/h4-5,15-18H,2-3,6-13H2,1H3,(H,22,24). The zero-order valence-corrected chi connectivity index (χ0v) is 18.2. The lowest BCUT2D eigenvalue weighted by molar-refractivity contribution is -0.131. The molecule has 5 aliphatic rings. The number of nitrogens with one attached hydrogen (secondary N) is 1. The third-order valence-corrected chi connectivity index (χ3v) is 10.8. The summed E-state index contributed by atoms with van der Waals surface area (Å²) in [5.41, 5.74) is -0.00213. The van der Waals surface area contributed by atoms with Gasteiger partial charge in [0, 0.05) is 23.5 Å². The third-order valence-electron chi connectivity index (χ3n) is 7.49. The highest BCUT2D eigenvalue weighted by Crippen LogP contribution is 2.55. The van der Waals surface area contributed by atoms with E-state index in [4.69, 9.17) is 0 Å². The Kier molecular flexibility index (Phi) is 4.64. The van der Waals surface area contributed by atoms with E-state index in [9.17, 15) is 13.2 Å². The summed E-state index contributed by atoms with van der Waals surface area (Å²) in [7, 11) is -3.49. The maximum atomic E-state index is 13.2. The molecule has 0 radical (unpaired) electrons. The summed E-state index contributed by atoms with van der Waals surface area (Å²) < 4.78 is 27.9. The Labute approximate surface area is 171 Å². The van der Waals surface area contributed by atoms with Crippen LogP contribution < -0.4 is 5.32 Å². The first kappa shape index (κ1) is 19.1. The Morgan fingerprint density at radius 1 is 1.14 bits per heavy atom. The van der Waals surface area contributed by atoms with Gasteiger partial charge in [-0.2, -0.15) is 4.31 Å².